The van der Waals surface area contributed by atoms with E-state index in [4.69, 9.17) is 4.74 Å². The Labute approximate surface area is 139 Å². The molecule has 0 radical (unpaired) electrons. The van der Waals surface area contributed by atoms with Crippen molar-refractivity contribution in [2.45, 2.75) is 32.2 Å². The van der Waals surface area contributed by atoms with Gasteiger partial charge in [-0.1, -0.05) is 24.8 Å². The number of fused-ring (bicyclic) bond motifs is 1. The maximum atomic E-state index is 5.35. The second-order valence-electron chi connectivity index (χ2n) is 6.29. The highest BCUT2D eigenvalue weighted by Crippen LogP contribution is 2.25. The van der Waals surface area contributed by atoms with Gasteiger partial charge in [-0.05, 0) is 63.1 Å². The second-order valence-corrected chi connectivity index (χ2v) is 6.29. The molecule has 0 saturated heterocycles. The summed E-state index contributed by atoms with van der Waals surface area (Å²) in [6.45, 7) is 9.10. The average Bonchev–Trinajstić information content (AvgIpc) is 2.54. The van der Waals surface area contributed by atoms with Crippen molar-refractivity contribution in [2.75, 3.05) is 13.7 Å². The van der Waals surface area contributed by atoms with Gasteiger partial charge in [0.1, 0.15) is 5.75 Å². The Balaban J connectivity index is 2.13. The molecule has 1 N–H and O–H groups in total. The van der Waals surface area contributed by atoms with Crippen LogP contribution < -0.4 is 10.1 Å². The molecule has 2 aromatic rings. The average molecular weight is 310 g/mol. The van der Waals surface area contributed by atoms with E-state index in [0.29, 0.717) is 0 Å². The Morgan fingerprint density at radius 1 is 1.30 bits per heavy atom. The van der Waals surface area contributed by atoms with Gasteiger partial charge in [-0.25, -0.2) is 0 Å². The molecular weight excluding hydrogens is 284 g/mol. The number of pyridine rings is 1. The van der Waals surface area contributed by atoms with Crippen LogP contribution in [0, 0.1) is 0 Å². The molecule has 122 valence electrons. The lowest BCUT2D eigenvalue weighted by atomic mass is 9.92. The zero-order valence-electron chi connectivity index (χ0n) is 14.3. The Morgan fingerprint density at radius 3 is 2.87 bits per heavy atom. The summed E-state index contributed by atoms with van der Waals surface area (Å²) >= 11 is 0. The predicted molar refractivity (Wildman–Crippen MR) is 98.0 cm³/mol. The molecule has 0 amide bonds. The lowest BCUT2D eigenvalue weighted by molar-refractivity contribution is 0.391. The number of hydrogen-bond donors (Lipinski definition) is 1. The van der Waals surface area contributed by atoms with E-state index in [1.165, 1.54) is 5.56 Å². The van der Waals surface area contributed by atoms with E-state index in [9.17, 15) is 0 Å². The van der Waals surface area contributed by atoms with Crippen LogP contribution in [0.1, 0.15) is 25.8 Å². The third kappa shape index (κ3) is 4.93. The smallest absolute Gasteiger partial charge is 0.119 e. The number of nitrogens with zero attached hydrogens (tertiary/aromatic N) is 1. The number of allylic oxidation sites excluding steroid dienone is 2. The highest BCUT2D eigenvalue weighted by molar-refractivity contribution is 5.83. The first-order valence-electron chi connectivity index (χ1n) is 8.00. The van der Waals surface area contributed by atoms with E-state index in [1.807, 2.05) is 30.5 Å². The number of rotatable bonds is 8. The van der Waals surface area contributed by atoms with E-state index in [1.54, 1.807) is 7.11 Å². The maximum Gasteiger partial charge on any atom is 0.119 e. The van der Waals surface area contributed by atoms with Crippen molar-refractivity contribution in [3.05, 3.63) is 60.8 Å². The van der Waals surface area contributed by atoms with Crippen LogP contribution >= 0.6 is 0 Å². The molecule has 1 aromatic heterocycles. The molecular formula is C20H26N2O. The molecule has 3 nitrogen and oxygen atoms in total. The van der Waals surface area contributed by atoms with Crippen LogP contribution in [0.2, 0.25) is 0 Å². The SMILES string of the molecule is C=C/C=C/CCNC(C)(C)Cc1ccnc2ccc(OC)cc12. The number of nitrogens with one attached hydrogen (secondary N) is 1. The van der Waals surface area contributed by atoms with Gasteiger partial charge in [-0.15, -0.1) is 0 Å². The third-order valence-electron chi connectivity index (χ3n) is 3.86. The molecule has 0 aliphatic rings. The van der Waals surface area contributed by atoms with Crippen LogP contribution in [0.5, 0.6) is 5.75 Å². The van der Waals surface area contributed by atoms with Crippen molar-refractivity contribution in [3.8, 4) is 5.75 Å². The van der Waals surface area contributed by atoms with Crippen molar-refractivity contribution >= 4 is 10.9 Å². The third-order valence-corrected chi connectivity index (χ3v) is 3.86. The topological polar surface area (TPSA) is 34.2 Å². The van der Waals surface area contributed by atoms with E-state index < -0.39 is 0 Å². The van der Waals surface area contributed by atoms with Gasteiger partial charge in [0.15, 0.2) is 0 Å². The van der Waals surface area contributed by atoms with Gasteiger partial charge >= 0.3 is 0 Å². The Hall–Kier alpha value is -2.13. The van der Waals surface area contributed by atoms with Gasteiger partial charge in [-0.2, -0.15) is 0 Å². The minimum absolute atomic E-state index is 0.0133. The lowest BCUT2D eigenvalue weighted by Gasteiger charge is -2.27. The fourth-order valence-electron chi connectivity index (χ4n) is 2.69. The second kappa shape index (κ2) is 7.93. The molecule has 0 atom stereocenters. The zero-order chi connectivity index (χ0) is 16.7. The summed E-state index contributed by atoms with van der Waals surface area (Å²) in [6, 6.07) is 8.13. The van der Waals surface area contributed by atoms with E-state index >= 15 is 0 Å². The maximum absolute atomic E-state index is 5.35. The quantitative estimate of drug-likeness (QED) is 0.583. The molecule has 23 heavy (non-hydrogen) atoms. The van der Waals surface area contributed by atoms with Crippen molar-refractivity contribution in [3.63, 3.8) is 0 Å². The van der Waals surface area contributed by atoms with Crippen LogP contribution in [0.25, 0.3) is 10.9 Å². The molecule has 1 aromatic carbocycles. The first-order chi connectivity index (χ1) is 11.1. The van der Waals surface area contributed by atoms with Gasteiger partial charge in [0, 0.05) is 17.1 Å². The molecule has 1 heterocycles. The van der Waals surface area contributed by atoms with Gasteiger partial charge in [0.25, 0.3) is 0 Å². The van der Waals surface area contributed by atoms with Crippen LogP contribution in [0.3, 0.4) is 0 Å². The number of hydrogen-bond acceptors (Lipinski definition) is 3. The zero-order valence-corrected chi connectivity index (χ0v) is 14.3. The predicted octanol–water partition coefficient (Wildman–Crippen LogP) is 4.29. The number of ether oxygens (including phenoxy) is 1. The first kappa shape index (κ1) is 17.2. The molecule has 2 rings (SSSR count). The number of aromatic nitrogens is 1. The fraction of sp³-hybridized carbons (Fsp3) is 0.350. The molecule has 0 saturated carbocycles. The molecule has 0 aliphatic heterocycles. The van der Waals surface area contributed by atoms with Crippen molar-refractivity contribution in [1.29, 1.82) is 0 Å². The Bertz CT molecular complexity index is 689. The van der Waals surface area contributed by atoms with Crippen molar-refractivity contribution in [1.82, 2.24) is 10.3 Å². The van der Waals surface area contributed by atoms with E-state index in [0.717, 1.165) is 36.0 Å². The fourth-order valence-corrected chi connectivity index (χ4v) is 2.69. The van der Waals surface area contributed by atoms with Gasteiger partial charge in [0.2, 0.25) is 0 Å². The van der Waals surface area contributed by atoms with Crippen molar-refractivity contribution < 1.29 is 4.74 Å². The highest BCUT2D eigenvalue weighted by Gasteiger charge is 2.18. The minimum Gasteiger partial charge on any atom is -0.497 e. The standard InChI is InChI=1S/C20H26N2O/c1-5-6-7-8-12-22-20(2,3)15-16-11-13-21-19-10-9-17(23-4)14-18(16)19/h5-7,9-11,13-14,22H,1,8,12,15H2,2-4H3/b7-6+. The number of benzene rings is 1. The summed E-state index contributed by atoms with van der Waals surface area (Å²) in [5.41, 5.74) is 2.31. The molecule has 3 heteroatoms. The monoisotopic (exact) mass is 310 g/mol. The molecule has 0 bridgehead atoms. The summed E-state index contributed by atoms with van der Waals surface area (Å²) in [5, 5.41) is 4.78. The minimum atomic E-state index is 0.0133. The van der Waals surface area contributed by atoms with Gasteiger partial charge in [0.05, 0.1) is 12.6 Å². The molecule has 0 fully saturated rings. The highest BCUT2D eigenvalue weighted by atomic mass is 16.5. The van der Waals surface area contributed by atoms with Gasteiger partial charge < -0.3 is 10.1 Å². The van der Waals surface area contributed by atoms with Crippen LogP contribution in [0.15, 0.2) is 55.3 Å². The summed E-state index contributed by atoms with van der Waals surface area (Å²) in [4.78, 5) is 4.45. The van der Waals surface area contributed by atoms with Crippen LogP contribution in [-0.4, -0.2) is 24.2 Å². The van der Waals surface area contributed by atoms with E-state index in [-0.39, 0.29) is 5.54 Å². The lowest BCUT2D eigenvalue weighted by Crippen LogP contribution is -2.41. The Kier molecular flexibility index (Phi) is 5.94. The van der Waals surface area contributed by atoms with E-state index in [2.05, 4.69) is 48.9 Å². The first-order valence-corrected chi connectivity index (χ1v) is 8.00. The molecule has 0 spiro atoms. The number of methoxy groups -OCH3 is 1. The summed E-state index contributed by atoms with van der Waals surface area (Å²) in [5.74, 6) is 0.868. The Morgan fingerprint density at radius 2 is 2.13 bits per heavy atom. The largest absolute Gasteiger partial charge is 0.497 e. The van der Waals surface area contributed by atoms with Crippen LogP contribution in [-0.2, 0) is 6.42 Å². The summed E-state index contributed by atoms with van der Waals surface area (Å²) in [7, 11) is 1.69. The summed E-state index contributed by atoms with van der Waals surface area (Å²) in [6.07, 6.45) is 9.74. The van der Waals surface area contributed by atoms with Crippen LogP contribution in [0.4, 0.5) is 0 Å². The molecule has 0 unspecified atom stereocenters. The van der Waals surface area contributed by atoms with Crippen molar-refractivity contribution in [2.24, 2.45) is 0 Å². The van der Waals surface area contributed by atoms with Gasteiger partial charge in [-0.3, -0.25) is 4.98 Å². The molecule has 0 aliphatic carbocycles. The summed E-state index contributed by atoms with van der Waals surface area (Å²) < 4.78 is 5.35. The normalized spacial score (nSPS) is 12.0.